The van der Waals surface area contributed by atoms with Gasteiger partial charge in [0.15, 0.2) is 0 Å². The van der Waals surface area contributed by atoms with Gasteiger partial charge in [-0.15, -0.1) is 5.10 Å². The maximum Gasteiger partial charge on any atom is 0.317 e. The molecule has 0 atom stereocenters. The van der Waals surface area contributed by atoms with Crippen molar-refractivity contribution in [2.45, 2.75) is 38.3 Å². The van der Waals surface area contributed by atoms with Crippen LogP contribution in [-0.4, -0.2) is 38.1 Å². The molecule has 1 heterocycles. The fraction of sp³-hybridized carbons (Fsp3) is 0.700. The quantitative estimate of drug-likeness (QED) is 0.890. The fourth-order valence-corrected chi connectivity index (χ4v) is 2.85. The van der Waals surface area contributed by atoms with Crippen molar-refractivity contribution in [3.63, 3.8) is 0 Å². The lowest BCUT2D eigenvalue weighted by atomic mass is 10.2. The third kappa shape index (κ3) is 3.37. The van der Waals surface area contributed by atoms with E-state index in [2.05, 4.69) is 9.59 Å². The van der Waals surface area contributed by atoms with Gasteiger partial charge in [0, 0.05) is 24.1 Å². The van der Waals surface area contributed by atoms with E-state index in [9.17, 15) is 4.79 Å². The van der Waals surface area contributed by atoms with E-state index in [1.807, 2.05) is 4.90 Å². The summed E-state index contributed by atoms with van der Waals surface area (Å²) in [4.78, 5) is 12.8. The third-order valence-corrected chi connectivity index (χ3v) is 4.03. The minimum Gasteiger partial charge on any atom is -0.480 e. The highest BCUT2D eigenvalue weighted by atomic mass is 35.5. The molecule has 2 rings (SSSR count). The lowest BCUT2D eigenvalue weighted by Crippen LogP contribution is -2.37. The van der Waals surface area contributed by atoms with Crippen LogP contribution in [0.5, 0.6) is 0 Å². The van der Waals surface area contributed by atoms with Crippen LogP contribution in [0, 0.1) is 0 Å². The number of carbonyl (C=O) groups is 1. The Morgan fingerprint density at radius 2 is 2.24 bits per heavy atom. The molecule has 0 aliphatic heterocycles. The van der Waals surface area contributed by atoms with Crippen molar-refractivity contribution in [3.8, 4) is 0 Å². The van der Waals surface area contributed by atoms with E-state index in [-0.39, 0.29) is 6.54 Å². The first-order chi connectivity index (χ1) is 8.16. The van der Waals surface area contributed by atoms with Crippen LogP contribution in [0.1, 0.15) is 31.4 Å². The van der Waals surface area contributed by atoms with Gasteiger partial charge in [0.05, 0.1) is 6.54 Å². The molecule has 1 aliphatic rings. The van der Waals surface area contributed by atoms with Gasteiger partial charge in [-0.3, -0.25) is 9.69 Å². The molecule has 1 fully saturated rings. The van der Waals surface area contributed by atoms with E-state index in [0.29, 0.717) is 22.6 Å². The summed E-state index contributed by atoms with van der Waals surface area (Å²) >= 11 is 7.08. The van der Waals surface area contributed by atoms with Crippen molar-refractivity contribution >= 4 is 29.1 Å². The number of aromatic nitrogens is 2. The summed E-state index contributed by atoms with van der Waals surface area (Å²) in [5.74, 6) is -0.809. The van der Waals surface area contributed by atoms with Crippen molar-refractivity contribution in [1.82, 2.24) is 14.5 Å². The molecular formula is C10H14ClN3O2S. The maximum atomic E-state index is 10.9. The molecule has 7 heteroatoms. The van der Waals surface area contributed by atoms with Crippen LogP contribution < -0.4 is 0 Å². The van der Waals surface area contributed by atoms with Crippen LogP contribution in [0.25, 0.3) is 0 Å². The Labute approximate surface area is 109 Å². The van der Waals surface area contributed by atoms with Gasteiger partial charge in [0.25, 0.3) is 0 Å². The number of carboxylic acid groups (broad SMARTS) is 1. The SMILES string of the molecule is O=C(O)CN(Cc1nnsc1Cl)C1CCCC1. The highest BCUT2D eigenvalue weighted by molar-refractivity contribution is 7.10. The summed E-state index contributed by atoms with van der Waals surface area (Å²) in [6, 6.07) is 0.337. The van der Waals surface area contributed by atoms with Gasteiger partial charge in [-0.1, -0.05) is 28.9 Å². The number of rotatable bonds is 5. The Kier molecular flexibility index (Phi) is 4.31. The molecular weight excluding hydrogens is 262 g/mol. The van der Waals surface area contributed by atoms with Gasteiger partial charge in [-0.05, 0) is 12.8 Å². The Morgan fingerprint density at radius 3 is 2.76 bits per heavy atom. The van der Waals surface area contributed by atoms with Crippen LogP contribution in [0.15, 0.2) is 0 Å². The molecule has 1 aliphatic carbocycles. The Bertz CT molecular complexity index is 393. The van der Waals surface area contributed by atoms with Crippen molar-refractivity contribution in [3.05, 3.63) is 10.0 Å². The molecule has 17 heavy (non-hydrogen) atoms. The molecule has 1 aromatic heterocycles. The van der Waals surface area contributed by atoms with Crippen molar-refractivity contribution in [1.29, 1.82) is 0 Å². The van der Waals surface area contributed by atoms with Gasteiger partial charge >= 0.3 is 5.97 Å². The second-order valence-electron chi connectivity index (χ2n) is 4.23. The summed E-state index contributed by atoms with van der Waals surface area (Å²) in [6.45, 7) is 0.519. The highest BCUT2D eigenvalue weighted by Gasteiger charge is 2.25. The smallest absolute Gasteiger partial charge is 0.317 e. The van der Waals surface area contributed by atoms with Crippen molar-refractivity contribution < 1.29 is 9.90 Å². The second kappa shape index (κ2) is 5.75. The van der Waals surface area contributed by atoms with E-state index >= 15 is 0 Å². The summed E-state index contributed by atoms with van der Waals surface area (Å²) in [5, 5.41) is 12.9. The predicted octanol–water partition coefficient (Wildman–Crippen LogP) is 2.02. The molecule has 1 saturated carbocycles. The Morgan fingerprint density at radius 1 is 1.53 bits per heavy atom. The number of hydrogen-bond donors (Lipinski definition) is 1. The van der Waals surface area contributed by atoms with Crippen molar-refractivity contribution in [2.75, 3.05) is 6.54 Å². The van der Waals surface area contributed by atoms with Crippen molar-refractivity contribution in [2.24, 2.45) is 0 Å². The molecule has 94 valence electrons. The maximum absolute atomic E-state index is 10.9. The zero-order valence-corrected chi connectivity index (χ0v) is 10.9. The highest BCUT2D eigenvalue weighted by Crippen LogP contribution is 2.26. The summed E-state index contributed by atoms with van der Waals surface area (Å²) in [5.41, 5.74) is 0.685. The Hall–Kier alpha value is -0.720. The van der Waals surface area contributed by atoms with Gasteiger partial charge in [0.1, 0.15) is 10.0 Å². The van der Waals surface area contributed by atoms with Crippen LogP contribution in [-0.2, 0) is 11.3 Å². The average molecular weight is 276 g/mol. The Balaban J connectivity index is 2.04. The number of hydrogen-bond acceptors (Lipinski definition) is 5. The number of carboxylic acids is 1. The lowest BCUT2D eigenvalue weighted by molar-refractivity contribution is -0.139. The molecule has 0 aromatic carbocycles. The minimum absolute atomic E-state index is 0.0402. The number of nitrogens with zero attached hydrogens (tertiary/aromatic N) is 3. The minimum atomic E-state index is -0.809. The second-order valence-corrected chi connectivity index (χ2v) is 5.59. The third-order valence-electron chi connectivity index (χ3n) is 3.04. The van der Waals surface area contributed by atoms with Crippen LogP contribution in [0.3, 0.4) is 0 Å². The molecule has 1 aromatic rings. The first-order valence-electron chi connectivity index (χ1n) is 5.59. The zero-order valence-electron chi connectivity index (χ0n) is 9.30. The molecule has 0 amide bonds. The fourth-order valence-electron chi connectivity index (χ4n) is 2.24. The molecule has 1 N–H and O–H groups in total. The van der Waals surface area contributed by atoms with Gasteiger partial charge in [-0.25, -0.2) is 0 Å². The monoisotopic (exact) mass is 275 g/mol. The molecule has 0 radical (unpaired) electrons. The zero-order chi connectivity index (χ0) is 12.3. The average Bonchev–Trinajstić information content (AvgIpc) is 2.89. The van der Waals surface area contributed by atoms with E-state index in [1.165, 1.54) is 12.8 Å². The molecule has 0 saturated heterocycles. The van der Waals surface area contributed by atoms with Gasteiger partial charge < -0.3 is 5.11 Å². The molecule has 0 unspecified atom stereocenters. The van der Waals surface area contributed by atoms with Crippen LogP contribution in [0.2, 0.25) is 4.34 Å². The lowest BCUT2D eigenvalue weighted by Gasteiger charge is -2.26. The normalized spacial score (nSPS) is 16.8. The number of aliphatic carboxylic acids is 1. The largest absolute Gasteiger partial charge is 0.480 e. The first-order valence-corrected chi connectivity index (χ1v) is 6.74. The predicted molar refractivity (Wildman–Crippen MR) is 65.2 cm³/mol. The molecule has 5 nitrogen and oxygen atoms in total. The molecule has 0 spiro atoms. The number of halogens is 1. The van der Waals surface area contributed by atoms with Gasteiger partial charge in [0.2, 0.25) is 0 Å². The molecule has 0 bridgehead atoms. The first kappa shape index (κ1) is 12.7. The summed E-state index contributed by atoms with van der Waals surface area (Å²) in [7, 11) is 0. The van der Waals surface area contributed by atoms with Gasteiger partial charge in [-0.2, -0.15) is 0 Å². The van der Waals surface area contributed by atoms with E-state index in [0.717, 1.165) is 24.4 Å². The van der Waals surface area contributed by atoms with Crippen LogP contribution >= 0.6 is 23.1 Å². The summed E-state index contributed by atoms with van der Waals surface area (Å²) in [6.07, 6.45) is 4.46. The summed E-state index contributed by atoms with van der Waals surface area (Å²) < 4.78 is 4.32. The standard InChI is InChI=1S/C10H14ClN3O2S/c11-10-8(12-13-17-10)5-14(6-9(15)16)7-3-1-2-4-7/h7H,1-6H2,(H,15,16). The van der Waals surface area contributed by atoms with Crippen LogP contribution in [0.4, 0.5) is 0 Å². The van der Waals surface area contributed by atoms with E-state index in [4.69, 9.17) is 16.7 Å². The van der Waals surface area contributed by atoms with E-state index in [1.54, 1.807) is 0 Å². The topological polar surface area (TPSA) is 66.3 Å². The van der Waals surface area contributed by atoms with E-state index < -0.39 is 5.97 Å².